The Bertz CT molecular complexity index is 1230. The van der Waals surface area contributed by atoms with Crippen molar-refractivity contribution in [2.75, 3.05) is 27.1 Å². The van der Waals surface area contributed by atoms with Crippen LogP contribution in [-0.4, -0.2) is 49.7 Å². The molecular weight excluding hydrogens is 450 g/mol. The van der Waals surface area contributed by atoms with E-state index in [0.29, 0.717) is 40.5 Å². The Labute approximate surface area is 203 Å². The highest BCUT2D eigenvalue weighted by Crippen LogP contribution is 2.48. The number of Topliss-reactive ketones (excluding diaryl/α,β-unsaturated/α-hetero) is 1. The lowest BCUT2D eigenvalue weighted by Crippen LogP contribution is -2.38. The van der Waals surface area contributed by atoms with E-state index in [-0.39, 0.29) is 43.9 Å². The van der Waals surface area contributed by atoms with Crippen molar-refractivity contribution in [3.8, 4) is 17.2 Å². The summed E-state index contributed by atoms with van der Waals surface area (Å²) in [6.07, 6.45) is 0.840. The maximum absolute atomic E-state index is 13.6. The quantitative estimate of drug-likeness (QED) is 0.497. The van der Waals surface area contributed by atoms with Crippen molar-refractivity contribution in [1.29, 1.82) is 0 Å². The molecule has 0 fully saturated rings. The van der Waals surface area contributed by atoms with Crippen molar-refractivity contribution in [3.63, 3.8) is 0 Å². The molecule has 2 aliphatic heterocycles. The topological polar surface area (TPSA) is 104 Å². The molecule has 3 atom stereocenters. The minimum absolute atomic E-state index is 0.0619. The number of hydrogen-bond donors (Lipinski definition) is 1. The van der Waals surface area contributed by atoms with E-state index >= 15 is 0 Å². The first-order valence-corrected chi connectivity index (χ1v) is 11.6. The standard InChI is InChI=1S/C27H27NO7/c1-15-24(27(31)33-9-8-32-2)25(17-4-3-5-19(29)10-17)26-20(28-15)11-18(12-21(26)30)16-6-7-22-23(13-16)35-14-34-22/h3-7,10,13,18,24-25,29H,8-9,11-12,14H2,1-2H3. The number of ketones is 1. The minimum atomic E-state index is -0.765. The number of benzene rings is 2. The molecule has 182 valence electrons. The van der Waals surface area contributed by atoms with E-state index in [1.165, 1.54) is 7.11 Å². The number of fused-ring (bicyclic) bond motifs is 1. The molecule has 0 spiro atoms. The van der Waals surface area contributed by atoms with Gasteiger partial charge in [0, 0.05) is 36.4 Å². The van der Waals surface area contributed by atoms with Crippen LogP contribution in [0.1, 0.15) is 42.7 Å². The lowest BCUT2D eigenvalue weighted by Gasteiger charge is -2.36. The maximum Gasteiger partial charge on any atom is 0.315 e. The molecule has 0 amide bonds. The summed E-state index contributed by atoms with van der Waals surface area (Å²) >= 11 is 0. The van der Waals surface area contributed by atoms with Crippen LogP contribution in [0.25, 0.3) is 0 Å². The average molecular weight is 478 g/mol. The summed E-state index contributed by atoms with van der Waals surface area (Å²) in [5.41, 5.74) is 3.44. The SMILES string of the molecule is COCCOC(=O)C1C(C)=NC2=C(C(=O)CC(c3ccc4c(c3)OCO4)C2)C1c1cccc(O)c1. The molecule has 0 bridgehead atoms. The molecule has 2 aromatic carbocycles. The van der Waals surface area contributed by atoms with Gasteiger partial charge in [0.15, 0.2) is 17.3 Å². The van der Waals surface area contributed by atoms with Gasteiger partial charge in [0.05, 0.1) is 6.61 Å². The van der Waals surface area contributed by atoms with Crippen LogP contribution < -0.4 is 9.47 Å². The molecule has 3 unspecified atom stereocenters. The highest BCUT2D eigenvalue weighted by Gasteiger charge is 2.45. The normalized spacial score (nSPS) is 23.1. The van der Waals surface area contributed by atoms with Crippen LogP contribution in [0.15, 0.2) is 58.7 Å². The Morgan fingerprint density at radius 3 is 2.71 bits per heavy atom. The number of nitrogens with zero attached hydrogens (tertiary/aromatic N) is 1. The Kier molecular flexibility index (Phi) is 6.30. The fourth-order valence-electron chi connectivity index (χ4n) is 5.16. The van der Waals surface area contributed by atoms with Crippen molar-refractivity contribution in [2.45, 2.75) is 31.6 Å². The Hall–Kier alpha value is -3.65. The molecule has 0 saturated carbocycles. The van der Waals surface area contributed by atoms with E-state index in [9.17, 15) is 14.7 Å². The summed E-state index contributed by atoms with van der Waals surface area (Å²) < 4.78 is 21.4. The number of phenols is 1. The van der Waals surface area contributed by atoms with E-state index in [1.54, 1.807) is 25.1 Å². The van der Waals surface area contributed by atoms with Crippen molar-refractivity contribution in [2.24, 2.45) is 10.9 Å². The van der Waals surface area contributed by atoms with Crippen LogP contribution in [-0.2, 0) is 19.1 Å². The predicted molar refractivity (Wildman–Crippen MR) is 127 cm³/mol. The highest BCUT2D eigenvalue weighted by molar-refractivity contribution is 6.09. The van der Waals surface area contributed by atoms with Gasteiger partial charge in [-0.2, -0.15) is 0 Å². The second kappa shape index (κ2) is 9.54. The van der Waals surface area contributed by atoms with Crippen LogP contribution in [0.4, 0.5) is 0 Å². The number of esters is 1. The lowest BCUT2D eigenvalue weighted by atomic mass is 9.69. The lowest BCUT2D eigenvalue weighted by molar-refractivity contribution is -0.147. The number of aliphatic imine (C=N–C) groups is 1. The van der Waals surface area contributed by atoms with Crippen molar-refractivity contribution >= 4 is 17.5 Å². The van der Waals surface area contributed by atoms with Crippen LogP contribution in [0.3, 0.4) is 0 Å². The van der Waals surface area contributed by atoms with Crippen molar-refractivity contribution in [1.82, 2.24) is 0 Å². The molecule has 0 saturated heterocycles. The van der Waals surface area contributed by atoms with Gasteiger partial charge in [0.2, 0.25) is 6.79 Å². The number of phenolic OH excluding ortho intramolecular Hbond substituents is 1. The minimum Gasteiger partial charge on any atom is -0.508 e. The summed E-state index contributed by atoms with van der Waals surface area (Å²) in [5, 5.41) is 10.2. The van der Waals surface area contributed by atoms with Gasteiger partial charge in [-0.15, -0.1) is 0 Å². The Morgan fingerprint density at radius 1 is 1.09 bits per heavy atom. The third-order valence-corrected chi connectivity index (χ3v) is 6.77. The zero-order valence-electron chi connectivity index (χ0n) is 19.7. The van der Waals surface area contributed by atoms with Gasteiger partial charge in [-0.05, 0) is 54.7 Å². The number of ether oxygens (including phenoxy) is 4. The summed E-state index contributed by atoms with van der Waals surface area (Å²) in [6.45, 7) is 2.36. The van der Waals surface area contributed by atoms with E-state index < -0.39 is 17.8 Å². The Balaban J connectivity index is 1.52. The molecule has 5 rings (SSSR count). The monoisotopic (exact) mass is 477 g/mol. The van der Waals surface area contributed by atoms with E-state index in [2.05, 4.69) is 0 Å². The molecule has 0 radical (unpaired) electrons. The summed E-state index contributed by atoms with van der Waals surface area (Å²) in [7, 11) is 1.53. The maximum atomic E-state index is 13.6. The molecule has 1 N–H and O–H groups in total. The highest BCUT2D eigenvalue weighted by atomic mass is 16.7. The molecular formula is C27H27NO7. The molecule has 0 aromatic heterocycles. The second-order valence-electron chi connectivity index (χ2n) is 8.97. The van der Waals surface area contributed by atoms with E-state index in [1.807, 2.05) is 24.3 Å². The van der Waals surface area contributed by atoms with Crippen molar-refractivity contribution in [3.05, 3.63) is 64.9 Å². The number of carbonyl (C=O) groups excluding carboxylic acids is 2. The smallest absolute Gasteiger partial charge is 0.315 e. The Morgan fingerprint density at radius 2 is 1.91 bits per heavy atom. The third-order valence-electron chi connectivity index (χ3n) is 6.77. The van der Waals surface area contributed by atoms with Gasteiger partial charge in [0.1, 0.15) is 18.3 Å². The molecule has 1 aliphatic carbocycles. The first-order valence-electron chi connectivity index (χ1n) is 11.6. The summed E-state index contributed by atoms with van der Waals surface area (Å²) in [4.78, 5) is 31.5. The number of carbonyl (C=O) groups is 2. The van der Waals surface area contributed by atoms with Gasteiger partial charge in [0.25, 0.3) is 0 Å². The summed E-state index contributed by atoms with van der Waals surface area (Å²) in [6, 6.07) is 12.4. The number of allylic oxidation sites excluding steroid dienone is 2. The number of hydrogen-bond acceptors (Lipinski definition) is 8. The average Bonchev–Trinajstić information content (AvgIpc) is 3.31. The van der Waals surface area contributed by atoms with Crippen LogP contribution in [0.2, 0.25) is 0 Å². The van der Waals surface area contributed by atoms with Gasteiger partial charge in [-0.1, -0.05) is 18.2 Å². The zero-order valence-corrected chi connectivity index (χ0v) is 19.7. The summed E-state index contributed by atoms with van der Waals surface area (Å²) in [5.74, 6) is -0.508. The zero-order chi connectivity index (χ0) is 24.5. The number of aromatic hydroxyl groups is 1. The predicted octanol–water partition coefficient (Wildman–Crippen LogP) is 3.89. The molecule has 3 aliphatic rings. The molecule has 2 aromatic rings. The molecule has 35 heavy (non-hydrogen) atoms. The van der Waals surface area contributed by atoms with E-state index in [4.69, 9.17) is 23.9 Å². The van der Waals surface area contributed by atoms with Crippen LogP contribution >= 0.6 is 0 Å². The van der Waals surface area contributed by atoms with Crippen molar-refractivity contribution < 1.29 is 33.6 Å². The number of rotatable bonds is 6. The molecule has 8 heteroatoms. The second-order valence-corrected chi connectivity index (χ2v) is 8.97. The first-order chi connectivity index (χ1) is 17.0. The molecule has 2 heterocycles. The fourth-order valence-corrected chi connectivity index (χ4v) is 5.16. The number of methoxy groups -OCH3 is 1. The molecule has 8 nitrogen and oxygen atoms in total. The first kappa shape index (κ1) is 23.1. The van der Waals surface area contributed by atoms with Crippen LogP contribution in [0, 0.1) is 5.92 Å². The van der Waals surface area contributed by atoms with Gasteiger partial charge < -0.3 is 24.1 Å². The van der Waals surface area contributed by atoms with Gasteiger partial charge >= 0.3 is 5.97 Å². The van der Waals surface area contributed by atoms with Gasteiger partial charge in [-0.25, -0.2) is 0 Å². The van der Waals surface area contributed by atoms with Crippen LogP contribution in [0.5, 0.6) is 17.2 Å². The largest absolute Gasteiger partial charge is 0.508 e. The third kappa shape index (κ3) is 4.41. The van der Waals surface area contributed by atoms with Gasteiger partial charge in [-0.3, -0.25) is 14.6 Å². The fraction of sp³-hybridized carbons (Fsp3) is 0.370. The van der Waals surface area contributed by atoms with E-state index in [0.717, 1.165) is 5.56 Å².